The van der Waals surface area contributed by atoms with Gasteiger partial charge >= 0.3 is 0 Å². The number of anilines is 2. The fourth-order valence-electron chi connectivity index (χ4n) is 3.08. The van der Waals surface area contributed by atoms with Crippen LogP contribution < -0.4 is 15.4 Å². The van der Waals surface area contributed by atoms with Crippen molar-refractivity contribution in [2.75, 3.05) is 17.7 Å². The van der Waals surface area contributed by atoms with Gasteiger partial charge in [-0.25, -0.2) is 0 Å². The lowest BCUT2D eigenvalue weighted by Crippen LogP contribution is -2.35. The molecule has 0 aliphatic heterocycles. The average Bonchev–Trinajstić information content (AvgIpc) is 3.51. The molecule has 1 aromatic heterocycles. The summed E-state index contributed by atoms with van der Waals surface area (Å²) in [6.07, 6.45) is 2.72. The van der Waals surface area contributed by atoms with Crippen molar-refractivity contribution in [1.82, 2.24) is 4.98 Å². The van der Waals surface area contributed by atoms with Crippen LogP contribution in [0.1, 0.15) is 12.8 Å². The Morgan fingerprint density at radius 1 is 1.00 bits per heavy atom. The molecule has 2 aromatic carbocycles. The zero-order valence-corrected chi connectivity index (χ0v) is 14.9. The molecule has 6 heteroatoms. The summed E-state index contributed by atoms with van der Waals surface area (Å²) in [6, 6.07) is 16.4. The van der Waals surface area contributed by atoms with E-state index in [-0.39, 0.29) is 11.8 Å². The van der Waals surface area contributed by atoms with Crippen molar-refractivity contribution in [3.8, 4) is 5.75 Å². The molecule has 0 saturated heterocycles. The normalized spacial score (nSPS) is 14.4. The predicted octanol–water partition coefficient (Wildman–Crippen LogP) is 3.60. The first kappa shape index (κ1) is 17.0. The highest BCUT2D eigenvalue weighted by atomic mass is 16.5. The molecular weight excluding hydrogens is 342 g/mol. The molecule has 6 nitrogen and oxygen atoms in total. The van der Waals surface area contributed by atoms with Gasteiger partial charge in [-0.3, -0.25) is 14.6 Å². The van der Waals surface area contributed by atoms with Crippen molar-refractivity contribution in [3.63, 3.8) is 0 Å². The summed E-state index contributed by atoms with van der Waals surface area (Å²) < 4.78 is 5.17. The Morgan fingerprint density at radius 3 is 2.52 bits per heavy atom. The molecule has 0 radical (unpaired) electrons. The van der Waals surface area contributed by atoms with Crippen LogP contribution >= 0.6 is 0 Å². The number of benzene rings is 2. The van der Waals surface area contributed by atoms with Crippen LogP contribution in [-0.2, 0) is 9.59 Å². The number of nitrogens with zero attached hydrogens (tertiary/aromatic N) is 1. The van der Waals surface area contributed by atoms with Crippen LogP contribution in [-0.4, -0.2) is 23.9 Å². The highest BCUT2D eigenvalue weighted by molar-refractivity contribution is 6.18. The van der Waals surface area contributed by atoms with Crippen molar-refractivity contribution < 1.29 is 14.3 Å². The molecule has 0 spiro atoms. The third-order valence-electron chi connectivity index (χ3n) is 4.83. The second kappa shape index (κ2) is 6.72. The summed E-state index contributed by atoms with van der Waals surface area (Å²) in [4.78, 5) is 30.0. The van der Waals surface area contributed by atoms with Crippen molar-refractivity contribution >= 4 is 34.1 Å². The largest absolute Gasteiger partial charge is 0.497 e. The minimum Gasteiger partial charge on any atom is -0.497 e. The van der Waals surface area contributed by atoms with Gasteiger partial charge in [0.1, 0.15) is 11.2 Å². The summed E-state index contributed by atoms with van der Waals surface area (Å²) in [5.41, 5.74) is 0.876. The summed E-state index contributed by atoms with van der Waals surface area (Å²) in [5, 5.41) is 6.65. The van der Waals surface area contributed by atoms with E-state index in [9.17, 15) is 9.59 Å². The van der Waals surface area contributed by atoms with E-state index in [0.29, 0.717) is 35.5 Å². The number of carbonyl (C=O) groups is 2. The van der Waals surface area contributed by atoms with Crippen molar-refractivity contribution in [1.29, 1.82) is 0 Å². The van der Waals surface area contributed by atoms with Gasteiger partial charge in [-0.05, 0) is 37.1 Å². The number of ether oxygens (including phenoxy) is 1. The van der Waals surface area contributed by atoms with E-state index >= 15 is 0 Å². The van der Waals surface area contributed by atoms with Crippen LogP contribution in [0.25, 0.3) is 10.9 Å². The molecule has 2 N–H and O–H groups in total. The maximum absolute atomic E-state index is 12.9. The number of nitrogens with one attached hydrogen (secondary N) is 2. The third kappa shape index (κ3) is 3.21. The first-order valence-corrected chi connectivity index (χ1v) is 8.73. The van der Waals surface area contributed by atoms with E-state index in [0.717, 1.165) is 5.39 Å². The fraction of sp³-hybridized carbons (Fsp3) is 0.190. The molecule has 0 bridgehead atoms. The van der Waals surface area contributed by atoms with E-state index in [1.54, 1.807) is 43.6 Å². The van der Waals surface area contributed by atoms with Crippen LogP contribution in [0.4, 0.5) is 11.4 Å². The molecular formula is C21H19N3O3. The monoisotopic (exact) mass is 361 g/mol. The van der Waals surface area contributed by atoms with E-state index < -0.39 is 5.41 Å². The Hall–Kier alpha value is -3.41. The number of fused-ring (bicyclic) bond motifs is 1. The van der Waals surface area contributed by atoms with Gasteiger partial charge in [-0.2, -0.15) is 0 Å². The highest BCUT2D eigenvalue weighted by Crippen LogP contribution is 2.47. The molecule has 27 heavy (non-hydrogen) atoms. The lowest BCUT2D eigenvalue weighted by atomic mass is 10.0. The Bertz CT molecular complexity index is 1020. The Labute approximate surface area is 156 Å². The lowest BCUT2D eigenvalue weighted by Gasteiger charge is -2.16. The van der Waals surface area contributed by atoms with Crippen LogP contribution in [0.15, 0.2) is 60.8 Å². The number of amides is 2. The molecule has 136 valence electrons. The first-order chi connectivity index (χ1) is 13.1. The molecule has 1 aliphatic carbocycles. The van der Waals surface area contributed by atoms with E-state index in [2.05, 4.69) is 15.6 Å². The second-order valence-corrected chi connectivity index (χ2v) is 6.60. The summed E-state index contributed by atoms with van der Waals surface area (Å²) in [7, 11) is 1.56. The summed E-state index contributed by atoms with van der Waals surface area (Å²) in [5.74, 6) is 0.0337. The van der Waals surface area contributed by atoms with Gasteiger partial charge in [0.15, 0.2) is 0 Å². The highest BCUT2D eigenvalue weighted by Gasteiger charge is 2.56. The van der Waals surface area contributed by atoms with Crippen LogP contribution in [0, 0.1) is 5.41 Å². The SMILES string of the molecule is COc1cccc(NC(=O)C2(C(=O)Nc3cccc4cccnc34)CC2)c1. The molecule has 1 heterocycles. The zero-order chi connectivity index (χ0) is 18.9. The molecule has 2 amide bonds. The van der Waals surface area contributed by atoms with E-state index in [1.165, 1.54) is 0 Å². The number of methoxy groups -OCH3 is 1. The summed E-state index contributed by atoms with van der Waals surface area (Å²) in [6.45, 7) is 0. The first-order valence-electron chi connectivity index (χ1n) is 8.73. The molecule has 0 unspecified atom stereocenters. The van der Waals surface area contributed by atoms with Gasteiger partial charge in [0, 0.05) is 23.3 Å². The second-order valence-electron chi connectivity index (χ2n) is 6.60. The number of rotatable bonds is 5. The minimum absolute atomic E-state index is 0.304. The fourth-order valence-corrected chi connectivity index (χ4v) is 3.08. The third-order valence-corrected chi connectivity index (χ3v) is 4.83. The number of pyridine rings is 1. The molecule has 1 saturated carbocycles. The Morgan fingerprint density at radius 2 is 1.74 bits per heavy atom. The van der Waals surface area contributed by atoms with Crippen LogP contribution in [0.3, 0.4) is 0 Å². The van der Waals surface area contributed by atoms with E-state index in [1.807, 2.05) is 24.3 Å². The number of hydrogen-bond donors (Lipinski definition) is 2. The van der Waals surface area contributed by atoms with Gasteiger partial charge < -0.3 is 15.4 Å². The standard InChI is InChI=1S/C21H19N3O3/c1-27-16-8-3-7-15(13-16)23-19(25)21(10-11-21)20(26)24-17-9-2-5-14-6-4-12-22-18(14)17/h2-9,12-13H,10-11H2,1H3,(H,23,25)(H,24,26). The summed E-state index contributed by atoms with van der Waals surface area (Å²) >= 11 is 0. The zero-order valence-electron chi connectivity index (χ0n) is 14.9. The number of aromatic nitrogens is 1. The molecule has 4 rings (SSSR count). The predicted molar refractivity (Wildman–Crippen MR) is 104 cm³/mol. The van der Waals surface area contributed by atoms with Crippen LogP contribution in [0.5, 0.6) is 5.75 Å². The molecule has 3 aromatic rings. The maximum Gasteiger partial charge on any atom is 0.240 e. The van der Waals surface area contributed by atoms with Gasteiger partial charge in [-0.15, -0.1) is 0 Å². The smallest absolute Gasteiger partial charge is 0.240 e. The van der Waals surface area contributed by atoms with Crippen molar-refractivity contribution in [3.05, 3.63) is 60.8 Å². The van der Waals surface area contributed by atoms with Crippen LogP contribution in [0.2, 0.25) is 0 Å². The Balaban J connectivity index is 1.53. The van der Waals surface area contributed by atoms with Gasteiger partial charge in [-0.1, -0.05) is 24.3 Å². The quantitative estimate of drug-likeness (QED) is 0.681. The number of hydrogen-bond acceptors (Lipinski definition) is 4. The van der Waals surface area contributed by atoms with E-state index in [4.69, 9.17) is 4.74 Å². The average molecular weight is 361 g/mol. The molecule has 1 aliphatic rings. The van der Waals surface area contributed by atoms with Gasteiger partial charge in [0.2, 0.25) is 11.8 Å². The molecule has 0 atom stereocenters. The van der Waals surface area contributed by atoms with Gasteiger partial charge in [0.25, 0.3) is 0 Å². The number of para-hydroxylation sites is 1. The maximum atomic E-state index is 12.9. The van der Waals surface area contributed by atoms with Crippen molar-refractivity contribution in [2.45, 2.75) is 12.8 Å². The van der Waals surface area contributed by atoms with Crippen molar-refractivity contribution in [2.24, 2.45) is 5.41 Å². The number of carbonyl (C=O) groups excluding carboxylic acids is 2. The topological polar surface area (TPSA) is 80.3 Å². The lowest BCUT2D eigenvalue weighted by molar-refractivity contribution is -0.131. The Kier molecular flexibility index (Phi) is 4.24. The molecule has 1 fully saturated rings. The van der Waals surface area contributed by atoms with Gasteiger partial charge in [0.05, 0.1) is 18.3 Å². The minimum atomic E-state index is -1.04.